The molecule has 0 aliphatic carbocycles. The van der Waals surface area contributed by atoms with E-state index in [0.717, 1.165) is 10.5 Å². The first-order valence-corrected chi connectivity index (χ1v) is 7.76. The highest BCUT2D eigenvalue weighted by atomic mass is 35.5. The average Bonchev–Trinajstić information content (AvgIpc) is 2.48. The van der Waals surface area contributed by atoms with Crippen LogP contribution in [0.5, 0.6) is 0 Å². The second kappa shape index (κ2) is 7.29. The Morgan fingerprint density at radius 2 is 2.05 bits per heavy atom. The molecular formula is C15H13ClN2O3S. The molecule has 2 aromatic carbocycles. The van der Waals surface area contributed by atoms with Gasteiger partial charge in [0.15, 0.2) is 0 Å². The number of benzene rings is 2. The fraction of sp³-hybridized carbons (Fsp3) is 0.133. The van der Waals surface area contributed by atoms with Crippen LogP contribution in [0.15, 0.2) is 47.4 Å². The standard InChI is InChI=1S/C15H13ClN2O3S/c1-10-6-7-11(18(20)21)8-13(10)17-15(19)9-22-14-5-3-2-4-12(14)16/h2-8H,9H2,1H3,(H,17,19). The van der Waals surface area contributed by atoms with Gasteiger partial charge >= 0.3 is 0 Å². The highest BCUT2D eigenvalue weighted by Crippen LogP contribution is 2.27. The maximum absolute atomic E-state index is 12.0. The molecule has 7 heteroatoms. The van der Waals surface area contributed by atoms with Crippen molar-refractivity contribution in [1.29, 1.82) is 0 Å². The maximum atomic E-state index is 12.0. The summed E-state index contributed by atoms with van der Waals surface area (Å²) < 4.78 is 0. The molecule has 22 heavy (non-hydrogen) atoms. The van der Waals surface area contributed by atoms with E-state index in [1.165, 1.54) is 23.9 Å². The van der Waals surface area contributed by atoms with Crippen molar-refractivity contribution >= 4 is 40.6 Å². The number of thioether (sulfide) groups is 1. The molecule has 0 aromatic heterocycles. The first-order chi connectivity index (χ1) is 10.5. The van der Waals surface area contributed by atoms with E-state index in [-0.39, 0.29) is 17.3 Å². The quantitative estimate of drug-likeness (QED) is 0.502. The Bertz CT molecular complexity index is 722. The maximum Gasteiger partial charge on any atom is 0.271 e. The Labute approximate surface area is 136 Å². The molecule has 5 nitrogen and oxygen atoms in total. The number of anilines is 1. The van der Waals surface area contributed by atoms with Gasteiger partial charge in [-0.25, -0.2) is 0 Å². The minimum absolute atomic E-state index is 0.0559. The topological polar surface area (TPSA) is 72.2 Å². The van der Waals surface area contributed by atoms with Crippen molar-refractivity contribution in [1.82, 2.24) is 0 Å². The fourth-order valence-corrected chi connectivity index (χ4v) is 2.79. The lowest BCUT2D eigenvalue weighted by Crippen LogP contribution is -2.15. The highest BCUT2D eigenvalue weighted by molar-refractivity contribution is 8.00. The summed E-state index contributed by atoms with van der Waals surface area (Å²) in [6, 6.07) is 11.6. The van der Waals surface area contributed by atoms with Gasteiger partial charge in [0.1, 0.15) is 0 Å². The molecule has 0 fully saturated rings. The van der Waals surface area contributed by atoms with Crippen LogP contribution in [0.25, 0.3) is 0 Å². The molecule has 0 saturated carbocycles. The third-order valence-corrected chi connectivity index (χ3v) is 4.42. The summed E-state index contributed by atoms with van der Waals surface area (Å²) in [7, 11) is 0. The van der Waals surface area contributed by atoms with Crippen LogP contribution >= 0.6 is 23.4 Å². The highest BCUT2D eigenvalue weighted by Gasteiger charge is 2.11. The normalized spacial score (nSPS) is 10.3. The van der Waals surface area contributed by atoms with Crippen molar-refractivity contribution in [3.8, 4) is 0 Å². The van der Waals surface area contributed by atoms with Crippen LogP contribution in [0.3, 0.4) is 0 Å². The number of nitro benzene ring substituents is 1. The molecule has 0 aliphatic heterocycles. The second-order valence-corrected chi connectivity index (χ2v) is 5.95. The van der Waals surface area contributed by atoms with Gasteiger partial charge in [-0.3, -0.25) is 14.9 Å². The van der Waals surface area contributed by atoms with Crippen LogP contribution in [0, 0.1) is 17.0 Å². The van der Waals surface area contributed by atoms with Crippen molar-refractivity contribution in [2.75, 3.05) is 11.1 Å². The Morgan fingerprint density at radius 1 is 1.32 bits per heavy atom. The van der Waals surface area contributed by atoms with E-state index in [1.54, 1.807) is 19.1 Å². The molecule has 0 aliphatic rings. The zero-order chi connectivity index (χ0) is 16.1. The van der Waals surface area contributed by atoms with Crippen LogP contribution in [0.1, 0.15) is 5.56 Å². The van der Waals surface area contributed by atoms with E-state index in [4.69, 9.17) is 11.6 Å². The molecular weight excluding hydrogens is 324 g/mol. The van der Waals surface area contributed by atoms with Gasteiger partial charge in [0, 0.05) is 17.0 Å². The molecule has 0 saturated heterocycles. The number of amides is 1. The van der Waals surface area contributed by atoms with E-state index in [9.17, 15) is 14.9 Å². The summed E-state index contributed by atoms with van der Waals surface area (Å²) in [6.07, 6.45) is 0. The van der Waals surface area contributed by atoms with Gasteiger partial charge in [0.05, 0.1) is 21.4 Å². The number of hydrogen-bond donors (Lipinski definition) is 1. The van der Waals surface area contributed by atoms with Crippen molar-refractivity contribution in [3.05, 3.63) is 63.2 Å². The third kappa shape index (κ3) is 4.22. The van der Waals surface area contributed by atoms with E-state index in [2.05, 4.69) is 5.32 Å². The zero-order valence-corrected chi connectivity index (χ0v) is 13.3. The summed E-state index contributed by atoms with van der Waals surface area (Å²) >= 11 is 7.33. The van der Waals surface area contributed by atoms with Crippen LogP contribution in [0.4, 0.5) is 11.4 Å². The van der Waals surface area contributed by atoms with E-state index >= 15 is 0 Å². The monoisotopic (exact) mass is 336 g/mol. The minimum Gasteiger partial charge on any atom is -0.325 e. The molecule has 2 rings (SSSR count). The van der Waals surface area contributed by atoms with Crippen molar-refractivity contribution < 1.29 is 9.72 Å². The number of carbonyl (C=O) groups excluding carboxylic acids is 1. The van der Waals surface area contributed by atoms with Crippen LogP contribution in [-0.2, 0) is 4.79 Å². The number of halogens is 1. The van der Waals surface area contributed by atoms with Gasteiger partial charge in [-0.15, -0.1) is 11.8 Å². The lowest BCUT2D eigenvalue weighted by Gasteiger charge is -2.08. The van der Waals surface area contributed by atoms with Crippen LogP contribution < -0.4 is 5.32 Å². The largest absolute Gasteiger partial charge is 0.325 e. The fourth-order valence-electron chi connectivity index (χ4n) is 1.75. The summed E-state index contributed by atoms with van der Waals surface area (Å²) in [4.78, 5) is 23.1. The molecule has 0 radical (unpaired) electrons. The molecule has 0 heterocycles. The predicted octanol–water partition coefficient (Wildman–Crippen LogP) is 4.29. The first-order valence-electron chi connectivity index (χ1n) is 6.39. The molecule has 0 atom stereocenters. The summed E-state index contributed by atoms with van der Waals surface area (Å²) in [5.41, 5.74) is 1.15. The number of hydrogen-bond acceptors (Lipinski definition) is 4. The SMILES string of the molecule is Cc1ccc([N+](=O)[O-])cc1NC(=O)CSc1ccccc1Cl. The van der Waals surface area contributed by atoms with Gasteiger partial charge in [0.25, 0.3) is 5.69 Å². The number of non-ortho nitro benzene ring substituents is 1. The van der Waals surface area contributed by atoms with E-state index < -0.39 is 4.92 Å². The molecule has 1 N–H and O–H groups in total. The molecule has 1 amide bonds. The predicted molar refractivity (Wildman–Crippen MR) is 88.6 cm³/mol. The molecule has 0 spiro atoms. The lowest BCUT2D eigenvalue weighted by atomic mass is 10.2. The van der Waals surface area contributed by atoms with Gasteiger partial charge in [-0.1, -0.05) is 29.8 Å². The van der Waals surface area contributed by atoms with Gasteiger partial charge in [-0.2, -0.15) is 0 Å². The second-order valence-electron chi connectivity index (χ2n) is 4.52. The van der Waals surface area contributed by atoms with Crippen molar-refractivity contribution in [2.45, 2.75) is 11.8 Å². The molecule has 2 aromatic rings. The van der Waals surface area contributed by atoms with Gasteiger partial charge < -0.3 is 5.32 Å². The number of nitrogens with zero attached hydrogens (tertiary/aromatic N) is 1. The number of nitrogens with one attached hydrogen (secondary N) is 1. The number of rotatable bonds is 5. The van der Waals surface area contributed by atoms with Gasteiger partial charge in [0.2, 0.25) is 5.91 Å². The molecule has 0 unspecified atom stereocenters. The summed E-state index contributed by atoms with van der Waals surface area (Å²) in [5.74, 6) is -0.0696. The Kier molecular flexibility index (Phi) is 5.41. The van der Waals surface area contributed by atoms with E-state index in [1.807, 2.05) is 18.2 Å². The Balaban J connectivity index is 2.02. The molecule has 0 bridgehead atoms. The van der Waals surface area contributed by atoms with Crippen LogP contribution in [-0.4, -0.2) is 16.6 Å². The van der Waals surface area contributed by atoms with Crippen molar-refractivity contribution in [3.63, 3.8) is 0 Å². The minimum atomic E-state index is -0.492. The lowest BCUT2D eigenvalue weighted by molar-refractivity contribution is -0.384. The molecule has 114 valence electrons. The summed E-state index contributed by atoms with van der Waals surface area (Å²) in [5, 5.41) is 14.1. The van der Waals surface area contributed by atoms with Crippen molar-refractivity contribution in [2.24, 2.45) is 0 Å². The number of carbonyl (C=O) groups is 1. The summed E-state index contributed by atoms with van der Waals surface area (Å²) in [6.45, 7) is 1.78. The first kappa shape index (κ1) is 16.3. The van der Waals surface area contributed by atoms with Crippen LogP contribution in [0.2, 0.25) is 5.02 Å². The zero-order valence-electron chi connectivity index (χ0n) is 11.7. The number of aryl methyl sites for hydroxylation is 1. The Morgan fingerprint density at radius 3 is 2.73 bits per heavy atom. The third-order valence-electron chi connectivity index (χ3n) is 2.90. The van der Waals surface area contributed by atoms with E-state index in [0.29, 0.717) is 10.7 Å². The number of nitro groups is 1. The average molecular weight is 337 g/mol. The smallest absolute Gasteiger partial charge is 0.271 e. The Hall–Kier alpha value is -2.05. The van der Waals surface area contributed by atoms with Gasteiger partial charge in [-0.05, 0) is 24.6 Å².